The summed E-state index contributed by atoms with van der Waals surface area (Å²) in [6, 6.07) is 0.264. The van der Waals surface area contributed by atoms with E-state index in [2.05, 4.69) is 22.9 Å². The molecule has 0 N–H and O–H groups in total. The maximum absolute atomic E-state index is 11.7. The summed E-state index contributed by atoms with van der Waals surface area (Å²) in [5, 5.41) is 0. The molecule has 0 aromatic carbocycles. The minimum atomic E-state index is 0.0266. The number of hydrogen-bond donors (Lipinski definition) is 0. The summed E-state index contributed by atoms with van der Waals surface area (Å²) in [5.41, 5.74) is 0. The van der Waals surface area contributed by atoms with Crippen LogP contribution in [0.25, 0.3) is 0 Å². The molecule has 1 aliphatic rings. The molecule has 4 heteroatoms. The van der Waals surface area contributed by atoms with E-state index in [0.29, 0.717) is 6.61 Å². The van der Waals surface area contributed by atoms with E-state index >= 15 is 0 Å². The predicted molar refractivity (Wildman–Crippen MR) is 59.6 cm³/mol. The number of likely N-dealkylation sites (tertiary alicyclic amines) is 1. The lowest BCUT2D eigenvalue weighted by Gasteiger charge is -2.27. The van der Waals surface area contributed by atoms with Gasteiger partial charge in [-0.3, -0.25) is 4.79 Å². The van der Waals surface area contributed by atoms with Crippen LogP contribution in [-0.2, 0) is 9.53 Å². The number of amides is 1. The number of alkyl halides is 1. The maximum atomic E-state index is 11.7. The molecule has 3 nitrogen and oxygen atoms in total. The Morgan fingerprint density at radius 2 is 2.43 bits per heavy atom. The van der Waals surface area contributed by atoms with Gasteiger partial charge in [0.2, 0.25) is 5.91 Å². The van der Waals surface area contributed by atoms with Crippen molar-refractivity contribution in [3.05, 3.63) is 0 Å². The molecule has 0 saturated carbocycles. The Morgan fingerprint density at radius 3 is 2.86 bits per heavy atom. The Kier molecular flexibility index (Phi) is 4.89. The minimum absolute atomic E-state index is 0.0266. The van der Waals surface area contributed by atoms with Crippen molar-refractivity contribution >= 4 is 21.8 Å². The topological polar surface area (TPSA) is 29.5 Å². The third kappa shape index (κ3) is 2.70. The van der Waals surface area contributed by atoms with E-state index in [0.717, 1.165) is 25.8 Å². The van der Waals surface area contributed by atoms with Crippen molar-refractivity contribution in [1.82, 2.24) is 4.90 Å². The Morgan fingerprint density at radius 1 is 1.71 bits per heavy atom. The SMILES string of the molecule is CCCC(COC)N1CCC(Br)C1=O. The molecule has 0 spiro atoms. The fourth-order valence-corrected chi connectivity index (χ4v) is 2.35. The van der Waals surface area contributed by atoms with Crippen molar-refractivity contribution in [3.8, 4) is 0 Å². The third-order valence-electron chi connectivity index (χ3n) is 2.60. The molecule has 1 heterocycles. The zero-order valence-corrected chi connectivity index (χ0v) is 10.4. The van der Waals surface area contributed by atoms with Crippen molar-refractivity contribution in [2.75, 3.05) is 20.3 Å². The van der Waals surface area contributed by atoms with Crippen LogP contribution in [0.5, 0.6) is 0 Å². The molecular formula is C10H18BrNO2. The Labute approximate surface area is 93.9 Å². The quantitative estimate of drug-likeness (QED) is 0.708. The summed E-state index contributed by atoms with van der Waals surface area (Å²) in [4.78, 5) is 13.7. The fraction of sp³-hybridized carbons (Fsp3) is 0.900. The van der Waals surface area contributed by atoms with Crippen LogP contribution >= 0.6 is 15.9 Å². The first kappa shape index (κ1) is 12.0. The van der Waals surface area contributed by atoms with Gasteiger partial charge in [-0.2, -0.15) is 0 Å². The lowest BCUT2D eigenvalue weighted by molar-refractivity contribution is -0.130. The van der Waals surface area contributed by atoms with E-state index in [1.54, 1.807) is 7.11 Å². The molecule has 1 fully saturated rings. The predicted octanol–water partition coefficient (Wildman–Crippen LogP) is 1.80. The number of rotatable bonds is 5. The van der Waals surface area contributed by atoms with E-state index < -0.39 is 0 Å². The van der Waals surface area contributed by atoms with Crippen molar-refractivity contribution in [2.45, 2.75) is 37.1 Å². The highest BCUT2D eigenvalue weighted by Gasteiger charge is 2.33. The molecule has 2 atom stereocenters. The molecule has 0 aliphatic carbocycles. The van der Waals surface area contributed by atoms with Gasteiger partial charge in [0.15, 0.2) is 0 Å². The highest BCUT2D eigenvalue weighted by Crippen LogP contribution is 2.22. The first-order valence-electron chi connectivity index (χ1n) is 5.14. The van der Waals surface area contributed by atoms with Crippen LogP contribution in [0.1, 0.15) is 26.2 Å². The summed E-state index contributed by atoms with van der Waals surface area (Å²) in [5.74, 6) is 0.223. The van der Waals surface area contributed by atoms with Gasteiger partial charge in [0.25, 0.3) is 0 Å². The number of ether oxygens (including phenoxy) is 1. The molecule has 1 aliphatic heterocycles. The van der Waals surface area contributed by atoms with Crippen LogP contribution in [0.3, 0.4) is 0 Å². The molecule has 1 amide bonds. The van der Waals surface area contributed by atoms with Crippen LogP contribution in [0.2, 0.25) is 0 Å². The largest absolute Gasteiger partial charge is 0.383 e. The van der Waals surface area contributed by atoms with Gasteiger partial charge in [0, 0.05) is 13.7 Å². The van der Waals surface area contributed by atoms with Crippen LogP contribution in [0, 0.1) is 0 Å². The average Bonchev–Trinajstić information content (AvgIpc) is 2.48. The van der Waals surface area contributed by atoms with E-state index in [4.69, 9.17) is 4.74 Å². The van der Waals surface area contributed by atoms with Gasteiger partial charge >= 0.3 is 0 Å². The van der Waals surface area contributed by atoms with Gasteiger partial charge in [-0.1, -0.05) is 29.3 Å². The molecule has 0 aromatic heterocycles. The highest BCUT2D eigenvalue weighted by molar-refractivity contribution is 9.10. The number of nitrogens with zero attached hydrogens (tertiary/aromatic N) is 1. The van der Waals surface area contributed by atoms with Gasteiger partial charge in [-0.25, -0.2) is 0 Å². The van der Waals surface area contributed by atoms with E-state index in [1.165, 1.54) is 0 Å². The second-order valence-electron chi connectivity index (χ2n) is 3.69. The molecule has 0 bridgehead atoms. The van der Waals surface area contributed by atoms with Gasteiger partial charge in [-0.05, 0) is 12.8 Å². The number of hydrogen-bond acceptors (Lipinski definition) is 2. The standard InChI is InChI=1S/C10H18BrNO2/c1-3-4-8(7-14-2)12-6-5-9(11)10(12)13/h8-9H,3-7H2,1-2H3. The Balaban J connectivity index is 2.54. The minimum Gasteiger partial charge on any atom is -0.383 e. The van der Waals surface area contributed by atoms with Crippen molar-refractivity contribution in [2.24, 2.45) is 0 Å². The first-order chi connectivity index (χ1) is 6.70. The average molecular weight is 264 g/mol. The van der Waals surface area contributed by atoms with Crippen LogP contribution in [0.15, 0.2) is 0 Å². The smallest absolute Gasteiger partial charge is 0.236 e. The van der Waals surface area contributed by atoms with E-state index in [1.807, 2.05) is 4.90 Å². The van der Waals surface area contributed by atoms with Crippen molar-refractivity contribution in [1.29, 1.82) is 0 Å². The Hall–Kier alpha value is -0.0900. The number of halogens is 1. The molecule has 2 unspecified atom stereocenters. The van der Waals surface area contributed by atoms with E-state index in [9.17, 15) is 4.79 Å². The Bertz CT molecular complexity index is 193. The third-order valence-corrected chi connectivity index (χ3v) is 3.45. The number of methoxy groups -OCH3 is 1. The fourth-order valence-electron chi connectivity index (χ4n) is 1.88. The molecular weight excluding hydrogens is 246 g/mol. The molecule has 1 rings (SSSR count). The van der Waals surface area contributed by atoms with Crippen molar-refractivity contribution < 1.29 is 9.53 Å². The lowest BCUT2D eigenvalue weighted by Crippen LogP contribution is -2.40. The lowest BCUT2D eigenvalue weighted by atomic mass is 10.1. The molecule has 82 valence electrons. The summed E-state index contributed by atoms with van der Waals surface area (Å²) >= 11 is 3.38. The van der Waals surface area contributed by atoms with Gasteiger partial charge in [0.1, 0.15) is 0 Å². The summed E-state index contributed by atoms with van der Waals surface area (Å²) in [6.07, 6.45) is 3.03. The number of carbonyl (C=O) groups is 1. The second-order valence-corrected chi connectivity index (χ2v) is 4.79. The van der Waals surface area contributed by atoms with Crippen LogP contribution < -0.4 is 0 Å². The molecule has 1 saturated heterocycles. The van der Waals surface area contributed by atoms with Crippen molar-refractivity contribution in [3.63, 3.8) is 0 Å². The summed E-state index contributed by atoms with van der Waals surface area (Å²) in [6.45, 7) is 3.65. The van der Waals surface area contributed by atoms with Gasteiger partial charge < -0.3 is 9.64 Å². The first-order valence-corrected chi connectivity index (χ1v) is 6.05. The highest BCUT2D eigenvalue weighted by atomic mass is 79.9. The summed E-state index contributed by atoms with van der Waals surface area (Å²) < 4.78 is 5.14. The molecule has 0 radical (unpaired) electrons. The van der Waals surface area contributed by atoms with Gasteiger partial charge in [0.05, 0.1) is 17.5 Å². The summed E-state index contributed by atoms with van der Waals surface area (Å²) in [7, 11) is 1.69. The van der Waals surface area contributed by atoms with E-state index in [-0.39, 0.29) is 16.8 Å². The zero-order valence-electron chi connectivity index (χ0n) is 8.83. The normalized spacial score (nSPS) is 24.4. The monoisotopic (exact) mass is 263 g/mol. The van der Waals surface area contributed by atoms with Crippen LogP contribution in [0.4, 0.5) is 0 Å². The molecule has 14 heavy (non-hydrogen) atoms. The molecule has 0 aromatic rings. The zero-order chi connectivity index (χ0) is 10.6. The number of carbonyl (C=O) groups excluding carboxylic acids is 1. The van der Waals surface area contributed by atoms with Crippen LogP contribution in [-0.4, -0.2) is 41.9 Å². The second kappa shape index (κ2) is 5.71. The van der Waals surface area contributed by atoms with Gasteiger partial charge in [-0.15, -0.1) is 0 Å². The maximum Gasteiger partial charge on any atom is 0.236 e.